The van der Waals surface area contributed by atoms with E-state index in [0.717, 1.165) is 0 Å². The molecule has 0 N–H and O–H groups in total. The summed E-state index contributed by atoms with van der Waals surface area (Å²) in [6, 6.07) is 0. The topological polar surface area (TPSA) is 130 Å². The first-order chi connectivity index (χ1) is 12.7. The third kappa shape index (κ3) is 4.23. The molecule has 0 saturated carbocycles. The maximum Gasteiger partial charge on any atom is 0.316 e. The third-order valence-corrected chi connectivity index (χ3v) is 5.39. The zero-order valence-corrected chi connectivity index (χ0v) is 14.8. The SMILES string of the molecule is CC1CC(CC2CC(CC3CCC(=O)OC3=O)C(=O)OC2=O)C(=O)OC1=O. The summed E-state index contributed by atoms with van der Waals surface area (Å²) >= 11 is 0. The summed E-state index contributed by atoms with van der Waals surface area (Å²) in [5, 5.41) is 0. The minimum atomic E-state index is -0.713. The van der Waals surface area contributed by atoms with Crippen molar-refractivity contribution in [3.8, 4) is 0 Å². The van der Waals surface area contributed by atoms with Gasteiger partial charge in [0.15, 0.2) is 0 Å². The van der Waals surface area contributed by atoms with E-state index in [2.05, 4.69) is 4.74 Å². The van der Waals surface area contributed by atoms with Gasteiger partial charge in [0, 0.05) is 6.42 Å². The molecule has 9 heteroatoms. The fourth-order valence-electron chi connectivity index (χ4n) is 3.84. The Labute approximate surface area is 154 Å². The van der Waals surface area contributed by atoms with Crippen molar-refractivity contribution in [2.45, 2.75) is 45.4 Å². The molecule has 3 aliphatic heterocycles. The Kier molecular flexibility index (Phi) is 5.38. The van der Waals surface area contributed by atoms with Crippen molar-refractivity contribution in [3.63, 3.8) is 0 Å². The number of hydrogen-bond donors (Lipinski definition) is 0. The maximum atomic E-state index is 12.1. The molecule has 9 nitrogen and oxygen atoms in total. The van der Waals surface area contributed by atoms with Gasteiger partial charge in [-0.05, 0) is 32.1 Å². The van der Waals surface area contributed by atoms with Crippen LogP contribution in [0, 0.1) is 29.6 Å². The zero-order valence-electron chi connectivity index (χ0n) is 14.8. The standard InChI is InChI=1S/C18H20O9/c1-8-4-10(16(22)26-14(8)20)6-12-7-11(17(23)27-18(12)24)5-9-2-3-13(19)25-15(9)21/h8-12H,2-7H2,1H3. The van der Waals surface area contributed by atoms with Gasteiger partial charge in [-0.2, -0.15) is 0 Å². The molecular formula is C18H20O9. The van der Waals surface area contributed by atoms with Crippen LogP contribution >= 0.6 is 0 Å². The highest BCUT2D eigenvalue weighted by Gasteiger charge is 2.44. The summed E-state index contributed by atoms with van der Waals surface area (Å²) in [7, 11) is 0. The van der Waals surface area contributed by atoms with Crippen LogP contribution in [0.25, 0.3) is 0 Å². The van der Waals surface area contributed by atoms with E-state index < -0.39 is 65.4 Å². The van der Waals surface area contributed by atoms with Crippen LogP contribution in [0.5, 0.6) is 0 Å². The number of rotatable bonds is 4. The molecule has 3 saturated heterocycles. The smallest absolute Gasteiger partial charge is 0.316 e. The fourth-order valence-corrected chi connectivity index (χ4v) is 3.84. The van der Waals surface area contributed by atoms with Gasteiger partial charge in [-0.1, -0.05) is 6.92 Å². The van der Waals surface area contributed by atoms with Crippen molar-refractivity contribution in [1.82, 2.24) is 0 Å². The van der Waals surface area contributed by atoms with Crippen LogP contribution in [0.2, 0.25) is 0 Å². The predicted octanol–water partition coefficient (Wildman–Crippen LogP) is 0.678. The Morgan fingerprint density at radius 3 is 1.74 bits per heavy atom. The second kappa shape index (κ2) is 7.58. The van der Waals surface area contributed by atoms with E-state index in [0.29, 0.717) is 0 Å². The van der Waals surface area contributed by atoms with Crippen molar-refractivity contribution in [2.75, 3.05) is 0 Å². The predicted molar refractivity (Wildman–Crippen MR) is 84.1 cm³/mol. The molecule has 0 aliphatic carbocycles. The van der Waals surface area contributed by atoms with Gasteiger partial charge in [0.05, 0.1) is 29.6 Å². The lowest BCUT2D eigenvalue weighted by atomic mass is 9.78. The normalized spacial score (nSPS) is 34.8. The lowest BCUT2D eigenvalue weighted by Gasteiger charge is -2.32. The number of ether oxygens (including phenoxy) is 3. The van der Waals surface area contributed by atoms with Crippen molar-refractivity contribution < 1.29 is 43.0 Å². The van der Waals surface area contributed by atoms with E-state index in [9.17, 15) is 28.8 Å². The maximum absolute atomic E-state index is 12.1. The van der Waals surface area contributed by atoms with Gasteiger partial charge in [-0.25, -0.2) is 0 Å². The first-order valence-corrected chi connectivity index (χ1v) is 9.00. The molecule has 5 atom stereocenters. The van der Waals surface area contributed by atoms with Crippen molar-refractivity contribution in [1.29, 1.82) is 0 Å². The first kappa shape index (κ1) is 19.2. The summed E-state index contributed by atoms with van der Waals surface area (Å²) < 4.78 is 14.1. The number of esters is 6. The Bertz CT molecular complexity index is 710. The molecule has 0 spiro atoms. The quantitative estimate of drug-likeness (QED) is 0.392. The van der Waals surface area contributed by atoms with Crippen LogP contribution in [-0.2, 0) is 43.0 Å². The summed E-state index contributed by atoms with van der Waals surface area (Å²) in [6.45, 7) is 1.64. The lowest BCUT2D eigenvalue weighted by molar-refractivity contribution is -0.175. The van der Waals surface area contributed by atoms with Crippen LogP contribution in [0.1, 0.15) is 45.4 Å². The zero-order chi connectivity index (χ0) is 19.7. The number of carbonyl (C=O) groups is 6. The molecule has 5 unspecified atom stereocenters. The number of carbonyl (C=O) groups excluding carboxylic acids is 6. The van der Waals surface area contributed by atoms with Crippen LogP contribution in [0.4, 0.5) is 0 Å². The summed E-state index contributed by atoms with van der Waals surface area (Å²) in [6.07, 6.45) is 1.04. The molecule has 0 bridgehead atoms. The summed E-state index contributed by atoms with van der Waals surface area (Å²) in [5.74, 6) is -7.01. The fraction of sp³-hybridized carbons (Fsp3) is 0.667. The Morgan fingerprint density at radius 1 is 0.667 bits per heavy atom. The highest BCUT2D eigenvalue weighted by atomic mass is 16.6. The van der Waals surface area contributed by atoms with Gasteiger partial charge in [-0.15, -0.1) is 0 Å². The molecule has 146 valence electrons. The molecule has 0 aromatic heterocycles. The lowest BCUT2D eigenvalue weighted by Crippen LogP contribution is -2.41. The van der Waals surface area contributed by atoms with E-state index >= 15 is 0 Å². The molecule has 0 radical (unpaired) electrons. The van der Waals surface area contributed by atoms with Crippen molar-refractivity contribution >= 4 is 35.8 Å². The van der Waals surface area contributed by atoms with Crippen LogP contribution in [0.3, 0.4) is 0 Å². The van der Waals surface area contributed by atoms with E-state index in [4.69, 9.17) is 9.47 Å². The average molecular weight is 380 g/mol. The molecule has 0 amide bonds. The van der Waals surface area contributed by atoms with Crippen molar-refractivity contribution in [3.05, 3.63) is 0 Å². The number of hydrogen-bond acceptors (Lipinski definition) is 9. The second-order valence-corrected chi connectivity index (χ2v) is 7.44. The van der Waals surface area contributed by atoms with E-state index in [1.807, 2.05) is 0 Å². The third-order valence-electron chi connectivity index (χ3n) is 5.39. The van der Waals surface area contributed by atoms with Gasteiger partial charge in [0.2, 0.25) is 0 Å². The van der Waals surface area contributed by atoms with Gasteiger partial charge in [0.1, 0.15) is 0 Å². The minimum absolute atomic E-state index is 0.0976. The summed E-state index contributed by atoms with van der Waals surface area (Å²) in [4.78, 5) is 70.4. The molecule has 3 heterocycles. The van der Waals surface area contributed by atoms with Crippen LogP contribution in [0.15, 0.2) is 0 Å². The van der Waals surface area contributed by atoms with Gasteiger partial charge < -0.3 is 14.2 Å². The average Bonchev–Trinajstić information content (AvgIpc) is 2.59. The van der Waals surface area contributed by atoms with Crippen molar-refractivity contribution in [2.24, 2.45) is 29.6 Å². The first-order valence-electron chi connectivity index (χ1n) is 9.00. The van der Waals surface area contributed by atoms with Gasteiger partial charge >= 0.3 is 35.8 Å². The molecular weight excluding hydrogens is 360 g/mol. The van der Waals surface area contributed by atoms with Crippen LogP contribution in [-0.4, -0.2) is 35.8 Å². The Balaban J connectivity index is 1.63. The molecule has 0 aromatic carbocycles. The second-order valence-electron chi connectivity index (χ2n) is 7.44. The highest BCUT2D eigenvalue weighted by Crippen LogP contribution is 2.36. The Hall–Kier alpha value is -2.58. The Morgan fingerprint density at radius 2 is 1.15 bits per heavy atom. The molecule has 3 rings (SSSR count). The van der Waals surface area contributed by atoms with E-state index in [1.165, 1.54) is 0 Å². The molecule has 0 aromatic rings. The minimum Gasteiger partial charge on any atom is -0.393 e. The van der Waals surface area contributed by atoms with E-state index in [1.54, 1.807) is 6.92 Å². The molecule has 27 heavy (non-hydrogen) atoms. The largest absolute Gasteiger partial charge is 0.393 e. The van der Waals surface area contributed by atoms with Gasteiger partial charge in [0.25, 0.3) is 0 Å². The monoisotopic (exact) mass is 380 g/mol. The highest BCUT2D eigenvalue weighted by molar-refractivity contribution is 5.93. The van der Waals surface area contributed by atoms with E-state index in [-0.39, 0.29) is 38.5 Å². The molecule has 3 fully saturated rings. The summed E-state index contributed by atoms with van der Waals surface area (Å²) in [5.41, 5.74) is 0. The molecule has 3 aliphatic rings. The number of cyclic esters (lactones) is 6. The van der Waals surface area contributed by atoms with Gasteiger partial charge in [-0.3, -0.25) is 28.8 Å². The van der Waals surface area contributed by atoms with Crippen LogP contribution < -0.4 is 0 Å².